The summed E-state index contributed by atoms with van der Waals surface area (Å²) in [6, 6.07) is 11.3. The van der Waals surface area contributed by atoms with E-state index in [-0.39, 0.29) is 42.7 Å². The lowest BCUT2D eigenvalue weighted by Gasteiger charge is -2.13. The fourth-order valence-corrected chi connectivity index (χ4v) is 3.13. The van der Waals surface area contributed by atoms with Gasteiger partial charge in [0.15, 0.2) is 5.78 Å². The number of nitrogens with two attached hydrogens (primary N) is 2. The summed E-state index contributed by atoms with van der Waals surface area (Å²) in [5.74, 6) is -1.19. The molecule has 0 radical (unpaired) electrons. The Bertz CT molecular complexity index is 985. The number of carbonyl (C=O) groups is 2. The molecule has 0 heterocycles. The second-order valence-corrected chi connectivity index (χ2v) is 6.65. The van der Waals surface area contributed by atoms with Gasteiger partial charge in [-0.2, -0.15) is 0 Å². The van der Waals surface area contributed by atoms with Gasteiger partial charge in [-0.15, -0.1) is 38.0 Å². The largest absolute Gasteiger partial charge is 0.477 e. The second-order valence-electron chi connectivity index (χ2n) is 6.65. The highest BCUT2D eigenvalue weighted by molar-refractivity contribution is 5.98. The van der Waals surface area contributed by atoms with Crippen molar-refractivity contribution < 1.29 is 14.7 Å². The van der Waals surface area contributed by atoms with Gasteiger partial charge in [-0.05, 0) is 53.3 Å². The molecule has 0 bridgehead atoms. The van der Waals surface area contributed by atoms with Gasteiger partial charge in [0.2, 0.25) is 0 Å². The Morgan fingerprint density at radius 2 is 1.68 bits per heavy atom. The number of carboxylic acids is 1. The molecule has 166 valence electrons. The van der Waals surface area contributed by atoms with Crippen molar-refractivity contribution in [1.82, 2.24) is 0 Å². The lowest BCUT2D eigenvalue weighted by molar-refractivity contribution is -0.132. The van der Waals surface area contributed by atoms with Crippen LogP contribution in [-0.4, -0.2) is 23.4 Å². The number of benzene rings is 2. The van der Waals surface area contributed by atoms with E-state index in [9.17, 15) is 9.59 Å². The third kappa shape index (κ3) is 7.40. The van der Waals surface area contributed by atoms with Crippen LogP contribution < -0.4 is 11.5 Å². The molecule has 5 N–H and O–H groups in total. The Morgan fingerprint density at radius 3 is 2.26 bits per heavy atom. The maximum absolute atomic E-state index is 12.4. The first-order valence-corrected chi connectivity index (χ1v) is 9.33. The summed E-state index contributed by atoms with van der Waals surface area (Å²) >= 11 is 0. The molecule has 7 heteroatoms. The number of hydrogen-bond acceptors (Lipinski definition) is 4. The summed E-state index contributed by atoms with van der Waals surface area (Å²) in [7, 11) is 0. The molecule has 0 atom stereocenters. The van der Waals surface area contributed by atoms with Gasteiger partial charge in [0.25, 0.3) is 0 Å². The van der Waals surface area contributed by atoms with Crippen LogP contribution in [0.1, 0.15) is 33.5 Å². The van der Waals surface area contributed by atoms with Gasteiger partial charge in [0, 0.05) is 12.0 Å². The van der Waals surface area contributed by atoms with E-state index in [1.807, 2.05) is 30.3 Å². The molecular formula is C24H28Cl2N2O3. The van der Waals surface area contributed by atoms with Crippen LogP contribution in [0.25, 0.3) is 17.2 Å². The highest BCUT2D eigenvalue weighted by atomic mass is 35.5. The van der Waals surface area contributed by atoms with Crippen LogP contribution in [-0.2, 0) is 17.6 Å². The molecule has 31 heavy (non-hydrogen) atoms. The fourth-order valence-electron chi connectivity index (χ4n) is 3.13. The SMILES string of the molecule is C=CCc1ccc(C=C(N)C(=O)O)c(-c2ccc(C(=O)CCN)c(CC=C)c2)c1.Cl.Cl. The van der Waals surface area contributed by atoms with Crippen molar-refractivity contribution in [3.8, 4) is 11.1 Å². The number of allylic oxidation sites excluding steroid dienone is 2. The minimum absolute atomic E-state index is 0. The minimum atomic E-state index is -1.18. The first-order chi connectivity index (χ1) is 13.9. The van der Waals surface area contributed by atoms with E-state index >= 15 is 0 Å². The van der Waals surface area contributed by atoms with Gasteiger partial charge >= 0.3 is 5.97 Å². The third-order valence-electron chi connectivity index (χ3n) is 4.51. The van der Waals surface area contributed by atoms with E-state index in [4.69, 9.17) is 16.6 Å². The number of halogens is 2. The topological polar surface area (TPSA) is 106 Å². The smallest absolute Gasteiger partial charge is 0.351 e. The minimum Gasteiger partial charge on any atom is -0.477 e. The van der Waals surface area contributed by atoms with Gasteiger partial charge in [-0.1, -0.05) is 48.6 Å². The van der Waals surface area contributed by atoms with Crippen LogP contribution >= 0.6 is 24.8 Å². The summed E-state index contributed by atoms with van der Waals surface area (Å²) in [6.07, 6.45) is 6.48. The molecule has 5 nitrogen and oxygen atoms in total. The van der Waals surface area contributed by atoms with Crippen LogP contribution in [0.3, 0.4) is 0 Å². The molecule has 2 aromatic carbocycles. The highest BCUT2D eigenvalue weighted by Crippen LogP contribution is 2.29. The van der Waals surface area contributed by atoms with Gasteiger partial charge in [-0.3, -0.25) is 4.79 Å². The third-order valence-corrected chi connectivity index (χ3v) is 4.51. The number of rotatable bonds is 10. The Hall–Kier alpha value is -2.86. The Balaban J connectivity index is 0.00000450. The lowest BCUT2D eigenvalue weighted by atomic mass is 9.91. The predicted octanol–water partition coefficient (Wildman–Crippen LogP) is 4.57. The molecule has 0 saturated carbocycles. The molecule has 0 aromatic heterocycles. The van der Waals surface area contributed by atoms with Crippen LogP contribution in [0.4, 0.5) is 0 Å². The van der Waals surface area contributed by atoms with Crippen molar-refractivity contribution in [2.24, 2.45) is 11.5 Å². The van der Waals surface area contributed by atoms with Crippen molar-refractivity contribution in [1.29, 1.82) is 0 Å². The summed E-state index contributed by atoms with van der Waals surface area (Å²) < 4.78 is 0. The van der Waals surface area contributed by atoms with Gasteiger partial charge in [-0.25, -0.2) is 4.79 Å². The molecule has 0 saturated heterocycles. The van der Waals surface area contributed by atoms with E-state index in [0.717, 1.165) is 22.3 Å². The molecule has 0 fully saturated rings. The number of carbonyl (C=O) groups excluding carboxylic acids is 1. The molecule has 2 aromatic rings. The highest BCUT2D eigenvalue weighted by Gasteiger charge is 2.14. The van der Waals surface area contributed by atoms with E-state index < -0.39 is 5.97 Å². The standard InChI is InChI=1S/C24H26N2O3.2ClH/c1-3-5-16-7-8-19(15-22(26)24(28)29)21(13-16)18-9-10-20(23(27)11-12-25)17(14-18)6-4-2;;/h3-4,7-10,13-15H,1-2,5-6,11-12,25-26H2,(H,28,29);2*1H. The zero-order valence-corrected chi connectivity index (χ0v) is 18.8. The summed E-state index contributed by atoms with van der Waals surface area (Å²) in [4.78, 5) is 23.6. The zero-order valence-electron chi connectivity index (χ0n) is 17.2. The van der Waals surface area contributed by atoms with Crippen LogP contribution in [0.5, 0.6) is 0 Å². The second kappa shape index (κ2) is 13.4. The molecular weight excluding hydrogens is 435 g/mol. The number of hydrogen-bond donors (Lipinski definition) is 3. The van der Waals surface area contributed by atoms with Crippen molar-refractivity contribution in [2.45, 2.75) is 19.3 Å². The number of Topliss-reactive ketones (excluding diaryl/α,β-unsaturated/α-hetero) is 1. The Labute approximate surface area is 195 Å². The maximum atomic E-state index is 12.4. The first-order valence-electron chi connectivity index (χ1n) is 9.33. The average molecular weight is 463 g/mol. The fraction of sp³-hybridized carbons (Fsp3) is 0.167. The number of carboxylic acid groups (broad SMARTS) is 1. The van der Waals surface area contributed by atoms with Crippen molar-refractivity contribution in [2.75, 3.05) is 6.54 Å². The van der Waals surface area contributed by atoms with Crippen molar-refractivity contribution in [3.63, 3.8) is 0 Å². The Morgan fingerprint density at radius 1 is 1.00 bits per heavy atom. The predicted molar refractivity (Wildman–Crippen MR) is 132 cm³/mol. The van der Waals surface area contributed by atoms with Crippen LogP contribution in [0.2, 0.25) is 0 Å². The van der Waals surface area contributed by atoms with Crippen LogP contribution in [0.15, 0.2) is 67.4 Å². The average Bonchev–Trinajstić information content (AvgIpc) is 2.69. The molecule has 2 rings (SSSR count). The number of aliphatic carboxylic acids is 1. The summed E-state index contributed by atoms with van der Waals surface area (Å²) in [6.45, 7) is 7.84. The van der Waals surface area contributed by atoms with Crippen molar-refractivity contribution >= 4 is 42.6 Å². The Kier molecular flexibility index (Phi) is 12.2. The zero-order chi connectivity index (χ0) is 21.4. The van der Waals surface area contributed by atoms with Crippen LogP contribution in [0, 0.1) is 0 Å². The monoisotopic (exact) mass is 462 g/mol. The van der Waals surface area contributed by atoms with Gasteiger partial charge in [0.05, 0.1) is 0 Å². The summed E-state index contributed by atoms with van der Waals surface area (Å²) in [5, 5.41) is 9.14. The van der Waals surface area contributed by atoms with E-state index in [0.29, 0.717) is 30.5 Å². The molecule has 0 aliphatic heterocycles. The van der Waals surface area contributed by atoms with Gasteiger partial charge in [0.1, 0.15) is 5.70 Å². The van der Waals surface area contributed by atoms with Gasteiger partial charge < -0.3 is 16.6 Å². The van der Waals surface area contributed by atoms with E-state index in [1.54, 1.807) is 18.2 Å². The molecule has 0 amide bonds. The first kappa shape index (κ1) is 28.1. The quantitative estimate of drug-likeness (QED) is 0.272. The molecule has 0 spiro atoms. The molecule has 0 aliphatic carbocycles. The van der Waals surface area contributed by atoms with E-state index in [2.05, 4.69) is 13.2 Å². The lowest BCUT2D eigenvalue weighted by Crippen LogP contribution is -2.10. The maximum Gasteiger partial charge on any atom is 0.351 e. The molecule has 0 aliphatic rings. The van der Waals surface area contributed by atoms with E-state index in [1.165, 1.54) is 6.08 Å². The summed E-state index contributed by atoms with van der Waals surface area (Å²) in [5.41, 5.74) is 15.8. The van der Waals surface area contributed by atoms with Crippen molar-refractivity contribution in [3.05, 3.63) is 89.7 Å². The number of ketones is 1. The normalized spacial score (nSPS) is 10.4. The molecule has 0 unspecified atom stereocenters.